The summed E-state index contributed by atoms with van der Waals surface area (Å²) in [6.07, 6.45) is 30.0. The number of hydrogen-bond donors (Lipinski definition) is 2. The van der Waals surface area contributed by atoms with Gasteiger partial charge in [0.2, 0.25) is 10.3 Å². The Morgan fingerprint density at radius 1 is 0.525 bits per heavy atom. The molecule has 0 fully saturated rings. The Balaban J connectivity index is 1.23. The van der Waals surface area contributed by atoms with Crippen LogP contribution in [0.15, 0.2) is 55.8 Å². The molecular weight excluding hydrogens is 537 g/mol. The standard InChI is InChI=1S/C30H42N8S2/c1-5-13-23(14-6-1)35-37-27(31-33-29(37)39-25-17-9-3-10-18-25)21-22-28-32-34-30(40-26-19-11-4-12-20-26)38(28)36-24-15-7-2-8-16-24/h13,15,17,19,35-36H,1-12,14,16,18,20-22H2. The third-order valence-corrected chi connectivity index (χ3v) is 10.2. The van der Waals surface area contributed by atoms with Crippen molar-refractivity contribution in [3.8, 4) is 0 Å². The van der Waals surface area contributed by atoms with Gasteiger partial charge in [-0.15, -0.1) is 20.4 Å². The normalized spacial score (nSPS) is 19.9. The first kappa shape index (κ1) is 27.7. The Hall–Kier alpha value is -2.46. The smallest absolute Gasteiger partial charge is 0.214 e. The summed E-state index contributed by atoms with van der Waals surface area (Å²) in [4.78, 5) is 2.82. The minimum atomic E-state index is 0.735. The lowest BCUT2D eigenvalue weighted by atomic mass is 10.1. The number of allylic oxidation sites excluding steroid dienone is 8. The van der Waals surface area contributed by atoms with Crippen LogP contribution in [0, 0.1) is 0 Å². The molecule has 0 spiro atoms. The highest BCUT2D eigenvalue weighted by Crippen LogP contribution is 2.34. The van der Waals surface area contributed by atoms with Crippen LogP contribution in [0.4, 0.5) is 0 Å². The summed E-state index contributed by atoms with van der Waals surface area (Å²) < 4.78 is 4.27. The zero-order valence-electron chi connectivity index (χ0n) is 23.5. The van der Waals surface area contributed by atoms with Crippen LogP contribution in [0.2, 0.25) is 0 Å². The summed E-state index contributed by atoms with van der Waals surface area (Å²) in [5.74, 6) is 1.89. The molecule has 0 bridgehead atoms. The molecule has 10 heteroatoms. The van der Waals surface area contributed by atoms with Crippen LogP contribution in [0.1, 0.15) is 114 Å². The van der Waals surface area contributed by atoms with Gasteiger partial charge in [-0.3, -0.25) is 10.9 Å². The van der Waals surface area contributed by atoms with Crippen LogP contribution in [-0.2, 0) is 12.8 Å². The second kappa shape index (κ2) is 13.9. The summed E-state index contributed by atoms with van der Waals surface area (Å²) in [5, 5.41) is 20.5. The average Bonchev–Trinajstić information content (AvgIpc) is 3.56. The maximum Gasteiger partial charge on any atom is 0.214 e. The number of thioether (sulfide) groups is 2. The first-order valence-corrected chi connectivity index (χ1v) is 17.0. The van der Waals surface area contributed by atoms with Crippen LogP contribution < -0.4 is 10.9 Å². The van der Waals surface area contributed by atoms with Crippen molar-refractivity contribution < 1.29 is 0 Å². The van der Waals surface area contributed by atoms with Crippen LogP contribution in [0.5, 0.6) is 0 Å². The summed E-state index contributed by atoms with van der Waals surface area (Å²) in [6, 6.07) is 0. The van der Waals surface area contributed by atoms with E-state index in [1.54, 1.807) is 23.5 Å². The molecule has 2 heterocycles. The molecule has 4 aliphatic carbocycles. The largest absolute Gasteiger partial charge is 0.295 e. The van der Waals surface area contributed by atoms with Crippen LogP contribution in [-0.4, -0.2) is 29.7 Å². The Labute approximate surface area is 246 Å². The highest BCUT2D eigenvalue weighted by molar-refractivity contribution is 8.03. The SMILES string of the molecule is C1=C(Nn2c(CCc3nnc(SC4=CCCCC4)n3NC3=CCCCC3)nnc2SC2=CCCCC2)CCCC1. The summed E-state index contributed by atoms with van der Waals surface area (Å²) >= 11 is 3.54. The fourth-order valence-electron chi connectivity index (χ4n) is 5.71. The fraction of sp³-hybridized carbons (Fsp3) is 0.600. The van der Waals surface area contributed by atoms with Crippen molar-refractivity contribution in [1.29, 1.82) is 0 Å². The molecule has 6 rings (SSSR count). The van der Waals surface area contributed by atoms with Gasteiger partial charge in [-0.25, -0.2) is 9.35 Å². The topological polar surface area (TPSA) is 85.5 Å². The molecule has 0 saturated heterocycles. The maximum atomic E-state index is 4.68. The van der Waals surface area contributed by atoms with Crippen molar-refractivity contribution in [3.05, 3.63) is 57.2 Å². The van der Waals surface area contributed by atoms with Gasteiger partial charge < -0.3 is 0 Å². The molecule has 0 saturated carbocycles. The zero-order chi connectivity index (χ0) is 27.0. The predicted molar refractivity (Wildman–Crippen MR) is 164 cm³/mol. The summed E-state index contributed by atoms with van der Waals surface area (Å²) in [6.45, 7) is 0. The fourth-order valence-corrected chi connectivity index (χ4v) is 7.72. The lowest BCUT2D eigenvalue weighted by Crippen LogP contribution is -2.22. The summed E-state index contributed by atoms with van der Waals surface area (Å²) in [7, 11) is 0. The third kappa shape index (κ3) is 7.24. The number of aromatic nitrogens is 6. The molecule has 40 heavy (non-hydrogen) atoms. The number of aryl methyl sites for hydroxylation is 2. The second-order valence-electron chi connectivity index (χ2n) is 11.2. The second-order valence-corrected chi connectivity index (χ2v) is 13.4. The highest BCUT2D eigenvalue weighted by atomic mass is 32.2. The van der Waals surface area contributed by atoms with Gasteiger partial charge in [-0.05, 0) is 113 Å². The van der Waals surface area contributed by atoms with E-state index in [0.717, 1.165) is 86.2 Å². The molecule has 2 aromatic rings. The minimum absolute atomic E-state index is 0.735. The van der Waals surface area contributed by atoms with Crippen molar-refractivity contribution >= 4 is 23.5 Å². The van der Waals surface area contributed by atoms with Crippen molar-refractivity contribution in [2.45, 2.75) is 126 Å². The Kier molecular flexibility index (Phi) is 9.65. The molecule has 0 radical (unpaired) electrons. The molecule has 2 N–H and O–H groups in total. The summed E-state index contributed by atoms with van der Waals surface area (Å²) in [5.41, 5.74) is 9.93. The van der Waals surface area contributed by atoms with Crippen LogP contribution in [0.25, 0.3) is 0 Å². The minimum Gasteiger partial charge on any atom is -0.295 e. The average molecular weight is 579 g/mol. The van der Waals surface area contributed by atoms with E-state index in [2.05, 4.69) is 64.9 Å². The lowest BCUT2D eigenvalue weighted by Gasteiger charge is -2.20. The van der Waals surface area contributed by atoms with E-state index in [0.29, 0.717) is 0 Å². The number of rotatable bonds is 11. The molecular formula is C30H42N8S2. The molecule has 0 atom stereocenters. The van der Waals surface area contributed by atoms with Gasteiger partial charge in [0.25, 0.3) is 0 Å². The van der Waals surface area contributed by atoms with E-state index in [-0.39, 0.29) is 0 Å². The molecule has 0 amide bonds. The Morgan fingerprint density at radius 2 is 0.950 bits per heavy atom. The molecule has 214 valence electrons. The molecule has 2 aromatic heterocycles. The van der Waals surface area contributed by atoms with E-state index < -0.39 is 0 Å². The van der Waals surface area contributed by atoms with Gasteiger partial charge in [-0.2, -0.15) is 0 Å². The van der Waals surface area contributed by atoms with Crippen molar-refractivity contribution in [2.24, 2.45) is 0 Å². The quantitative estimate of drug-likeness (QED) is 0.280. The molecule has 4 aliphatic rings. The van der Waals surface area contributed by atoms with Gasteiger partial charge in [-0.1, -0.05) is 47.8 Å². The Bertz CT molecular complexity index is 1190. The lowest BCUT2D eigenvalue weighted by molar-refractivity contribution is 0.643. The zero-order valence-corrected chi connectivity index (χ0v) is 25.2. The maximum absolute atomic E-state index is 4.68. The van der Waals surface area contributed by atoms with E-state index in [9.17, 15) is 0 Å². The van der Waals surface area contributed by atoms with E-state index in [1.807, 2.05) is 0 Å². The van der Waals surface area contributed by atoms with Crippen LogP contribution >= 0.6 is 23.5 Å². The van der Waals surface area contributed by atoms with Gasteiger partial charge >= 0.3 is 0 Å². The van der Waals surface area contributed by atoms with Gasteiger partial charge in [0.05, 0.1) is 0 Å². The van der Waals surface area contributed by atoms with Gasteiger partial charge in [0.15, 0.2) is 11.6 Å². The van der Waals surface area contributed by atoms with E-state index in [4.69, 9.17) is 0 Å². The monoisotopic (exact) mass is 578 g/mol. The first-order chi connectivity index (χ1) is 19.8. The molecule has 0 aromatic carbocycles. The number of nitrogens with one attached hydrogen (secondary N) is 2. The third-order valence-electron chi connectivity index (χ3n) is 8.01. The Morgan fingerprint density at radius 3 is 1.32 bits per heavy atom. The number of hydrogen-bond acceptors (Lipinski definition) is 8. The first-order valence-electron chi connectivity index (χ1n) is 15.4. The van der Waals surface area contributed by atoms with Gasteiger partial charge in [0, 0.05) is 24.2 Å². The molecule has 0 aliphatic heterocycles. The van der Waals surface area contributed by atoms with Crippen molar-refractivity contribution in [3.63, 3.8) is 0 Å². The number of nitrogens with zero attached hydrogens (tertiary/aromatic N) is 6. The van der Waals surface area contributed by atoms with E-state index >= 15 is 0 Å². The van der Waals surface area contributed by atoms with E-state index in [1.165, 1.54) is 72.6 Å². The van der Waals surface area contributed by atoms with Gasteiger partial charge in [0.1, 0.15) is 0 Å². The molecule has 0 unspecified atom stereocenters. The van der Waals surface area contributed by atoms with Crippen molar-refractivity contribution in [1.82, 2.24) is 29.7 Å². The van der Waals surface area contributed by atoms with Crippen molar-refractivity contribution in [2.75, 3.05) is 10.9 Å². The molecule has 8 nitrogen and oxygen atoms in total. The predicted octanol–water partition coefficient (Wildman–Crippen LogP) is 7.76. The highest BCUT2D eigenvalue weighted by Gasteiger charge is 2.21. The van der Waals surface area contributed by atoms with Crippen LogP contribution in [0.3, 0.4) is 0 Å².